The molecule has 3 aromatic rings. The number of fused-ring (bicyclic) bond motifs is 1. The molecule has 10 nitrogen and oxygen atoms in total. The second-order valence-electron chi connectivity index (χ2n) is 6.61. The number of benzene rings is 1. The number of nitrogens with zero attached hydrogens (tertiary/aromatic N) is 3. The summed E-state index contributed by atoms with van der Waals surface area (Å²) in [6, 6.07) is 3.77. The van der Waals surface area contributed by atoms with Crippen LogP contribution in [-0.2, 0) is 22.5 Å². The van der Waals surface area contributed by atoms with E-state index in [4.69, 9.17) is 4.74 Å². The Kier molecular flexibility index (Phi) is 6.44. The van der Waals surface area contributed by atoms with E-state index < -0.39 is 22.4 Å². The summed E-state index contributed by atoms with van der Waals surface area (Å²) in [5, 5.41) is 14.1. The van der Waals surface area contributed by atoms with Crippen molar-refractivity contribution in [3.05, 3.63) is 61.0 Å². The van der Waals surface area contributed by atoms with Crippen molar-refractivity contribution in [2.75, 3.05) is 11.9 Å². The minimum Gasteiger partial charge on any atom is -0.462 e. The minimum atomic E-state index is -0.607. The molecule has 0 radical (unpaired) electrons. The van der Waals surface area contributed by atoms with Crippen molar-refractivity contribution >= 4 is 44.8 Å². The summed E-state index contributed by atoms with van der Waals surface area (Å²) in [5.74, 6) is -1.06. The average Bonchev–Trinajstić information content (AvgIpc) is 3.04. The number of carbonyl (C=O) groups is 2. The molecule has 0 saturated carbocycles. The Labute approximate surface area is 180 Å². The highest BCUT2D eigenvalue weighted by molar-refractivity contribution is 7.17. The molecule has 3 rings (SSSR count). The summed E-state index contributed by atoms with van der Waals surface area (Å²) in [7, 11) is 0. The van der Waals surface area contributed by atoms with Gasteiger partial charge in [-0.25, -0.2) is 9.78 Å². The van der Waals surface area contributed by atoms with Gasteiger partial charge in [0.25, 0.3) is 11.2 Å². The lowest BCUT2D eigenvalue weighted by Gasteiger charge is -2.09. The highest BCUT2D eigenvalue weighted by Gasteiger charge is 2.23. The number of anilines is 1. The van der Waals surface area contributed by atoms with Gasteiger partial charge in [0.1, 0.15) is 11.5 Å². The lowest BCUT2D eigenvalue weighted by Crippen LogP contribution is -2.28. The molecular formula is C20H20N4O6S. The second-order valence-corrected chi connectivity index (χ2v) is 7.72. The topological polar surface area (TPSA) is 133 Å². The lowest BCUT2D eigenvalue weighted by atomic mass is 10.1. The molecule has 0 unspecified atom stereocenters. The number of hydrogen-bond acceptors (Lipinski definition) is 8. The van der Waals surface area contributed by atoms with Crippen molar-refractivity contribution < 1.29 is 19.2 Å². The standard InChI is InChI=1S/C20H20N4O6S/c1-4-15-11(3)17(20(27)30-5-2)18(31-15)22-16(25)9-23-10-21-14-7-6-12(24(28)29)8-13(14)19(23)26/h6-8,10H,4-5,9H2,1-3H3,(H,22,25). The molecule has 0 saturated heterocycles. The van der Waals surface area contributed by atoms with E-state index >= 15 is 0 Å². The van der Waals surface area contributed by atoms with Gasteiger partial charge in [0.2, 0.25) is 5.91 Å². The van der Waals surface area contributed by atoms with Gasteiger partial charge < -0.3 is 10.1 Å². The first kappa shape index (κ1) is 22.1. The first-order chi connectivity index (χ1) is 14.8. The number of nitro benzene ring substituents is 1. The first-order valence-electron chi connectivity index (χ1n) is 9.49. The van der Waals surface area contributed by atoms with E-state index in [-0.39, 0.29) is 24.2 Å². The molecule has 0 atom stereocenters. The average molecular weight is 444 g/mol. The first-order valence-corrected chi connectivity index (χ1v) is 10.3. The van der Waals surface area contributed by atoms with Crippen molar-refractivity contribution in [3.63, 3.8) is 0 Å². The normalized spacial score (nSPS) is 10.8. The number of aromatic nitrogens is 2. The largest absolute Gasteiger partial charge is 0.462 e. The van der Waals surface area contributed by atoms with Gasteiger partial charge in [-0.1, -0.05) is 6.92 Å². The number of aryl methyl sites for hydroxylation is 1. The molecule has 11 heteroatoms. The smallest absolute Gasteiger partial charge is 0.341 e. The maximum atomic E-state index is 12.7. The quantitative estimate of drug-likeness (QED) is 0.336. The predicted molar refractivity (Wildman–Crippen MR) is 116 cm³/mol. The molecule has 0 aliphatic heterocycles. The zero-order valence-electron chi connectivity index (χ0n) is 17.1. The number of esters is 1. The van der Waals surface area contributed by atoms with Crippen LogP contribution in [0.1, 0.15) is 34.6 Å². The van der Waals surface area contributed by atoms with E-state index in [1.807, 2.05) is 6.92 Å². The molecule has 1 aromatic carbocycles. The van der Waals surface area contributed by atoms with Crippen LogP contribution in [0, 0.1) is 17.0 Å². The minimum absolute atomic E-state index is 0.0388. The van der Waals surface area contributed by atoms with Crippen LogP contribution in [0.5, 0.6) is 0 Å². The van der Waals surface area contributed by atoms with Gasteiger partial charge >= 0.3 is 5.97 Å². The summed E-state index contributed by atoms with van der Waals surface area (Å²) in [4.78, 5) is 53.1. The molecule has 0 bridgehead atoms. The molecule has 0 aliphatic carbocycles. The van der Waals surface area contributed by atoms with Crippen molar-refractivity contribution in [1.82, 2.24) is 9.55 Å². The van der Waals surface area contributed by atoms with Gasteiger partial charge in [0, 0.05) is 17.0 Å². The van der Waals surface area contributed by atoms with Gasteiger partial charge in [0.15, 0.2) is 0 Å². The number of thiophene rings is 1. The van der Waals surface area contributed by atoms with Gasteiger partial charge in [0.05, 0.1) is 34.3 Å². The van der Waals surface area contributed by atoms with E-state index in [1.54, 1.807) is 13.8 Å². The molecule has 0 fully saturated rings. The van der Waals surface area contributed by atoms with Crippen LogP contribution in [0.15, 0.2) is 29.3 Å². The molecule has 0 aliphatic rings. The van der Waals surface area contributed by atoms with Crippen LogP contribution >= 0.6 is 11.3 Å². The molecule has 0 spiro atoms. The zero-order valence-corrected chi connectivity index (χ0v) is 17.9. The van der Waals surface area contributed by atoms with Crippen molar-refractivity contribution in [1.29, 1.82) is 0 Å². The molecule has 2 aromatic heterocycles. The Bertz CT molecular complexity index is 1250. The fourth-order valence-corrected chi connectivity index (χ4v) is 4.28. The summed E-state index contributed by atoms with van der Waals surface area (Å²) in [6.07, 6.45) is 1.89. The number of carbonyl (C=O) groups excluding carboxylic acids is 2. The van der Waals surface area contributed by atoms with E-state index in [0.29, 0.717) is 22.5 Å². The number of ether oxygens (including phenoxy) is 1. The van der Waals surface area contributed by atoms with E-state index in [2.05, 4.69) is 10.3 Å². The third-order valence-electron chi connectivity index (χ3n) is 4.63. The molecule has 162 valence electrons. The van der Waals surface area contributed by atoms with Crippen LogP contribution in [0.25, 0.3) is 10.9 Å². The van der Waals surface area contributed by atoms with Crippen LogP contribution in [0.4, 0.5) is 10.7 Å². The van der Waals surface area contributed by atoms with Crippen LogP contribution in [0.3, 0.4) is 0 Å². The van der Waals surface area contributed by atoms with Crippen molar-refractivity contribution in [2.45, 2.75) is 33.7 Å². The lowest BCUT2D eigenvalue weighted by molar-refractivity contribution is -0.384. The van der Waals surface area contributed by atoms with Crippen molar-refractivity contribution in [3.8, 4) is 0 Å². The Morgan fingerprint density at radius 3 is 2.71 bits per heavy atom. The molecule has 1 amide bonds. The Balaban J connectivity index is 1.90. The Morgan fingerprint density at radius 1 is 1.32 bits per heavy atom. The maximum absolute atomic E-state index is 12.7. The third-order valence-corrected chi connectivity index (χ3v) is 5.98. The number of non-ortho nitro benzene ring substituents is 1. The number of nitrogens with one attached hydrogen (secondary N) is 1. The monoisotopic (exact) mass is 444 g/mol. The van der Waals surface area contributed by atoms with E-state index in [1.165, 1.54) is 29.8 Å². The molecule has 31 heavy (non-hydrogen) atoms. The van der Waals surface area contributed by atoms with E-state index in [0.717, 1.165) is 21.1 Å². The van der Waals surface area contributed by atoms with E-state index in [9.17, 15) is 24.5 Å². The second kappa shape index (κ2) is 9.04. The van der Waals surface area contributed by atoms with Gasteiger partial charge in [-0.05, 0) is 31.9 Å². The summed E-state index contributed by atoms with van der Waals surface area (Å²) >= 11 is 1.28. The zero-order chi connectivity index (χ0) is 22.7. The highest BCUT2D eigenvalue weighted by atomic mass is 32.1. The highest BCUT2D eigenvalue weighted by Crippen LogP contribution is 2.34. The fraction of sp³-hybridized carbons (Fsp3) is 0.300. The number of rotatable bonds is 7. The van der Waals surface area contributed by atoms with Crippen LogP contribution in [0.2, 0.25) is 0 Å². The van der Waals surface area contributed by atoms with Gasteiger partial charge in [-0.2, -0.15) is 0 Å². The predicted octanol–water partition coefficient (Wildman–Crippen LogP) is 3.05. The van der Waals surface area contributed by atoms with Gasteiger partial charge in [-0.3, -0.25) is 24.3 Å². The van der Waals surface area contributed by atoms with Crippen LogP contribution in [-0.4, -0.2) is 33.0 Å². The van der Waals surface area contributed by atoms with Crippen molar-refractivity contribution in [2.24, 2.45) is 0 Å². The molecule has 2 heterocycles. The molecular weight excluding hydrogens is 424 g/mol. The Hall–Kier alpha value is -3.60. The van der Waals surface area contributed by atoms with Gasteiger partial charge in [-0.15, -0.1) is 11.3 Å². The third kappa shape index (κ3) is 4.45. The summed E-state index contributed by atoms with van der Waals surface area (Å²) in [6.45, 7) is 5.27. The fourth-order valence-electron chi connectivity index (χ4n) is 3.13. The molecule has 1 N–H and O–H groups in total. The number of hydrogen-bond donors (Lipinski definition) is 1. The van der Waals surface area contributed by atoms with Crippen LogP contribution < -0.4 is 10.9 Å². The number of nitro groups is 1. The Morgan fingerprint density at radius 2 is 2.06 bits per heavy atom. The maximum Gasteiger partial charge on any atom is 0.341 e. The summed E-state index contributed by atoms with van der Waals surface area (Å²) < 4.78 is 6.16. The SMILES string of the molecule is CCOC(=O)c1c(NC(=O)Cn2cnc3ccc([N+](=O)[O-])cc3c2=O)sc(CC)c1C. The summed E-state index contributed by atoms with van der Waals surface area (Å²) in [5.41, 5.74) is 0.521. The number of amides is 1.